The van der Waals surface area contributed by atoms with E-state index in [2.05, 4.69) is 0 Å². The predicted molar refractivity (Wildman–Crippen MR) is 74.6 cm³/mol. The lowest BCUT2D eigenvalue weighted by atomic mass is 9.99. The van der Waals surface area contributed by atoms with Crippen LogP contribution >= 0.6 is 0 Å². The standard InChI is InChI=1S/C16H17F2NO/c1-2-20-14-5-3-4-11(9-14)16(19)10-12-8-13(17)6-7-15(12)18/h3-9,16H,2,10,19H2,1H3. The van der Waals surface area contributed by atoms with Gasteiger partial charge in [-0.15, -0.1) is 0 Å². The van der Waals surface area contributed by atoms with Crippen molar-refractivity contribution in [1.29, 1.82) is 0 Å². The van der Waals surface area contributed by atoms with Gasteiger partial charge in [0.2, 0.25) is 0 Å². The summed E-state index contributed by atoms with van der Waals surface area (Å²) in [6, 6.07) is 10.3. The lowest BCUT2D eigenvalue weighted by molar-refractivity contribution is 0.339. The largest absolute Gasteiger partial charge is 0.494 e. The van der Waals surface area contributed by atoms with Crippen LogP contribution in [0, 0.1) is 11.6 Å². The monoisotopic (exact) mass is 277 g/mol. The summed E-state index contributed by atoms with van der Waals surface area (Å²) in [6.45, 7) is 2.46. The fraction of sp³-hybridized carbons (Fsp3) is 0.250. The SMILES string of the molecule is CCOc1cccc(C(N)Cc2cc(F)ccc2F)c1. The van der Waals surface area contributed by atoms with Gasteiger partial charge in [-0.2, -0.15) is 0 Å². The van der Waals surface area contributed by atoms with Crippen LogP contribution in [0.3, 0.4) is 0 Å². The average Bonchev–Trinajstić information content (AvgIpc) is 2.43. The Morgan fingerprint density at radius 1 is 1.15 bits per heavy atom. The topological polar surface area (TPSA) is 35.2 Å². The van der Waals surface area contributed by atoms with Crippen molar-refractivity contribution in [1.82, 2.24) is 0 Å². The van der Waals surface area contributed by atoms with Crippen LogP contribution in [0.4, 0.5) is 8.78 Å². The highest BCUT2D eigenvalue weighted by atomic mass is 19.1. The van der Waals surface area contributed by atoms with E-state index < -0.39 is 17.7 Å². The third kappa shape index (κ3) is 3.54. The third-order valence-corrected chi connectivity index (χ3v) is 3.04. The molecule has 0 radical (unpaired) electrons. The molecule has 20 heavy (non-hydrogen) atoms. The van der Waals surface area contributed by atoms with Crippen LogP contribution in [0.2, 0.25) is 0 Å². The number of halogens is 2. The summed E-state index contributed by atoms with van der Waals surface area (Å²) in [7, 11) is 0. The molecule has 0 aromatic heterocycles. The molecule has 0 heterocycles. The third-order valence-electron chi connectivity index (χ3n) is 3.04. The first-order valence-electron chi connectivity index (χ1n) is 6.52. The van der Waals surface area contributed by atoms with Gasteiger partial charge < -0.3 is 10.5 Å². The van der Waals surface area contributed by atoms with E-state index in [4.69, 9.17) is 10.5 Å². The molecule has 1 atom stereocenters. The molecule has 0 aliphatic heterocycles. The van der Waals surface area contributed by atoms with Crippen molar-refractivity contribution in [2.24, 2.45) is 5.73 Å². The van der Waals surface area contributed by atoms with Gasteiger partial charge in [-0.3, -0.25) is 0 Å². The maximum Gasteiger partial charge on any atom is 0.126 e. The van der Waals surface area contributed by atoms with Gasteiger partial charge in [-0.25, -0.2) is 8.78 Å². The minimum Gasteiger partial charge on any atom is -0.494 e. The molecule has 2 aromatic rings. The Labute approximate surface area is 117 Å². The highest BCUT2D eigenvalue weighted by molar-refractivity contribution is 5.32. The molecule has 2 N–H and O–H groups in total. The number of hydrogen-bond donors (Lipinski definition) is 1. The number of hydrogen-bond acceptors (Lipinski definition) is 2. The minimum atomic E-state index is -0.461. The molecule has 0 fully saturated rings. The molecular weight excluding hydrogens is 260 g/mol. The smallest absolute Gasteiger partial charge is 0.126 e. The molecule has 106 valence electrons. The maximum absolute atomic E-state index is 13.6. The highest BCUT2D eigenvalue weighted by Gasteiger charge is 2.12. The Hall–Kier alpha value is -1.94. The molecule has 0 spiro atoms. The molecule has 0 amide bonds. The lowest BCUT2D eigenvalue weighted by Gasteiger charge is -2.14. The summed E-state index contributed by atoms with van der Waals surface area (Å²) in [5.74, 6) is -0.181. The summed E-state index contributed by atoms with van der Waals surface area (Å²) in [5.41, 5.74) is 7.18. The van der Waals surface area contributed by atoms with E-state index >= 15 is 0 Å². The Bertz CT molecular complexity index is 586. The van der Waals surface area contributed by atoms with Gasteiger partial charge in [-0.1, -0.05) is 12.1 Å². The molecule has 0 saturated heterocycles. The number of rotatable bonds is 5. The van der Waals surface area contributed by atoms with E-state index in [0.717, 1.165) is 23.4 Å². The van der Waals surface area contributed by atoms with E-state index in [0.29, 0.717) is 6.61 Å². The summed E-state index contributed by atoms with van der Waals surface area (Å²) in [5, 5.41) is 0. The Morgan fingerprint density at radius 2 is 1.95 bits per heavy atom. The van der Waals surface area contributed by atoms with Crippen molar-refractivity contribution in [3.63, 3.8) is 0 Å². The summed E-state index contributed by atoms with van der Waals surface area (Å²) >= 11 is 0. The average molecular weight is 277 g/mol. The van der Waals surface area contributed by atoms with Gasteiger partial charge in [0.1, 0.15) is 17.4 Å². The van der Waals surface area contributed by atoms with E-state index in [1.165, 1.54) is 6.07 Å². The molecule has 0 aliphatic rings. The molecule has 2 aromatic carbocycles. The molecular formula is C16H17F2NO. The Morgan fingerprint density at radius 3 is 2.70 bits per heavy atom. The van der Waals surface area contributed by atoms with Gasteiger partial charge >= 0.3 is 0 Å². The quantitative estimate of drug-likeness (QED) is 0.906. The lowest BCUT2D eigenvalue weighted by Crippen LogP contribution is -2.14. The van der Waals surface area contributed by atoms with Crippen molar-refractivity contribution < 1.29 is 13.5 Å². The normalized spacial score (nSPS) is 12.2. The second-order valence-electron chi connectivity index (χ2n) is 4.55. The van der Waals surface area contributed by atoms with Crippen molar-refractivity contribution in [2.45, 2.75) is 19.4 Å². The number of benzene rings is 2. The Kier molecular flexibility index (Phi) is 4.69. The van der Waals surface area contributed by atoms with E-state index in [-0.39, 0.29) is 12.0 Å². The molecule has 4 heteroatoms. The van der Waals surface area contributed by atoms with Crippen molar-refractivity contribution in [3.8, 4) is 5.75 Å². The zero-order valence-electron chi connectivity index (χ0n) is 11.3. The molecule has 0 aliphatic carbocycles. The Balaban J connectivity index is 2.17. The van der Waals surface area contributed by atoms with Gasteiger partial charge in [0.25, 0.3) is 0 Å². The number of ether oxygens (including phenoxy) is 1. The molecule has 1 unspecified atom stereocenters. The molecule has 2 rings (SSSR count). The first kappa shape index (κ1) is 14.5. The van der Waals surface area contributed by atoms with Crippen LogP contribution < -0.4 is 10.5 Å². The minimum absolute atomic E-state index is 0.235. The zero-order valence-corrected chi connectivity index (χ0v) is 11.3. The van der Waals surface area contributed by atoms with Gasteiger partial charge in [0.05, 0.1) is 6.61 Å². The van der Waals surface area contributed by atoms with Gasteiger partial charge in [0, 0.05) is 6.04 Å². The summed E-state index contributed by atoms with van der Waals surface area (Å²) in [6.07, 6.45) is 0.235. The fourth-order valence-electron chi connectivity index (χ4n) is 2.06. The summed E-state index contributed by atoms with van der Waals surface area (Å²) in [4.78, 5) is 0. The fourth-order valence-corrected chi connectivity index (χ4v) is 2.06. The highest BCUT2D eigenvalue weighted by Crippen LogP contribution is 2.22. The van der Waals surface area contributed by atoms with E-state index in [1.807, 2.05) is 31.2 Å². The summed E-state index contributed by atoms with van der Waals surface area (Å²) < 4.78 is 32.1. The molecule has 0 saturated carbocycles. The van der Waals surface area contributed by atoms with Crippen molar-refractivity contribution in [2.75, 3.05) is 6.61 Å². The first-order chi connectivity index (χ1) is 9.60. The second-order valence-corrected chi connectivity index (χ2v) is 4.55. The first-order valence-corrected chi connectivity index (χ1v) is 6.52. The molecule has 2 nitrogen and oxygen atoms in total. The van der Waals surface area contributed by atoms with Crippen LogP contribution in [-0.2, 0) is 6.42 Å². The zero-order chi connectivity index (χ0) is 14.5. The van der Waals surface area contributed by atoms with Crippen LogP contribution in [0.15, 0.2) is 42.5 Å². The van der Waals surface area contributed by atoms with E-state index in [1.54, 1.807) is 0 Å². The van der Waals surface area contributed by atoms with Crippen molar-refractivity contribution in [3.05, 3.63) is 65.2 Å². The maximum atomic E-state index is 13.6. The van der Waals surface area contributed by atoms with Crippen LogP contribution in [0.25, 0.3) is 0 Å². The van der Waals surface area contributed by atoms with Crippen LogP contribution in [0.5, 0.6) is 5.75 Å². The van der Waals surface area contributed by atoms with E-state index in [9.17, 15) is 8.78 Å². The predicted octanol–water partition coefficient (Wildman–Crippen LogP) is 3.61. The second kappa shape index (κ2) is 6.48. The number of nitrogens with two attached hydrogens (primary N) is 1. The van der Waals surface area contributed by atoms with Crippen molar-refractivity contribution >= 4 is 0 Å². The van der Waals surface area contributed by atoms with Crippen LogP contribution in [0.1, 0.15) is 24.1 Å². The molecule has 0 bridgehead atoms. The van der Waals surface area contributed by atoms with Gasteiger partial charge in [0.15, 0.2) is 0 Å². The van der Waals surface area contributed by atoms with Gasteiger partial charge in [-0.05, 0) is 54.8 Å². The van der Waals surface area contributed by atoms with Crippen LogP contribution in [-0.4, -0.2) is 6.61 Å².